The highest BCUT2D eigenvalue weighted by Crippen LogP contribution is 2.27. The molecule has 0 saturated heterocycles. The lowest BCUT2D eigenvalue weighted by atomic mass is 9.96. The monoisotopic (exact) mass is 304 g/mol. The second-order valence-electron chi connectivity index (χ2n) is 6.28. The van der Waals surface area contributed by atoms with Crippen LogP contribution in [0.5, 0.6) is 0 Å². The Bertz CT molecular complexity index is 613. The molecule has 0 fully saturated rings. The minimum atomic E-state index is -0.0773. The van der Waals surface area contributed by atoms with Crippen molar-refractivity contribution in [1.82, 2.24) is 9.97 Å². The van der Waals surface area contributed by atoms with Gasteiger partial charge in [-0.3, -0.25) is 0 Å². The van der Waals surface area contributed by atoms with Crippen LogP contribution in [0.1, 0.15) is 49.3 Å². The van der Waals surface area contributed by atoms with Gasteiger partial charge >= 0.3 is 0 Å². The van der Waals surface area contributed by atoms with Crippen LogP contribution in [0.3, 0.4) is 0 Å². The molecule has 0 amide bonds. The van der Waals surface area contributed by atoms with Crippen LogP contribution in [0.15, 0.2) is 18.2 Å². The highest BCUT2D eigenvalue weighted by molar-refractivity contribution is 7.12. The molecule has 2 heterocycles. The van der Waals surface area contributed by atoms with Crippen molar-refractivity contribution >= 4 is 23.0 Å². The number of rotatable bonds is 4. The predicted octanol–water partition coefficient (Wildman–Crippen LogP) is 4.36. The lowest BCUT2D eigenvalue weighted by Gasteiger charge is -2.20. The van der Waals surface area contributed by atoms with Crippen LogP contribution in [-0.2, 0) is 5.41 Å². The fourth-order valence-corrected chi connectivity index (χ4v) is 2.84. The topological polar surface area (TPSA) is 49.8 Å². The van der Waals surface area contributed by atoms with Gasteiger partial charge in [0.25, 0.3) is 0 Å². The second-order valence-corrected chi connectivity index (χ2v) is 7.60. The van der Waals surface area contributed by atoms with Crippen LogP contribution in [0, 0.1) is 6.92 Å². The van der Waals surface area contributed by atoms with E-state index in [9.17, 15) is 0 Å². The van der Waals surface area contributed by atoms with Gasteiger partial charge in [0.2, 0.25) is 0 Å². The molecule has 0 aromatic carbocycles. The molecule has 0 aliphatic heterocycles. The predicted molar refractivity (Wildman–Crippen MR) is 91.4 cm³/mol. The molecule has 0 radical (unpaired) electrons. The van der Waals surface area contributed by atoms with Crippen molar-refractivity contribution in [2.24, 2.45) is 0 Å². The Kier molecular flexibility index (Phi) is 4.52. The number of nitrogens with zero attached hydrogens (tertiary/aromatic N) is 2. The maximum Gasteiger partial charge on any atom is 0.138 e. The SMILES string of the molecule is CNc1cc(NC(C)c2ccc(C)s2)nc(C(C)(C)C)n1. The molecule has 2 rings (SSSR count). The third kappa shape index (κ3) is 3.94. The summed E-state index contributed by atoms with van der Waals surface area (Å²) in [5, 5.41) is 6.59. The number of thiophene rings is 1. The van der Waals surface area contributed by atoms with Crippen molar-refractivity contribution in [3.05, 3.63) is 33.8 Å². The molecule has 1 atom stereocenters. The smallest absolute Gasteiger partial charge is 0.138 e. The van der Waals surface area contributed by atoms with Gasteiger partial charge in [0, 0.05) is 28.3 Å². The van der Waals surface area contributed by atoms with E-state index >= 15 is 0 Å². The molecule has 2 N–H and O–H groups in total. The zero-order valence-corrected chi connectivity index (χ0v) is 14.4. The Morgan fingerprint density at radius 3 is 2.33 bits per heavy atom. The molecule has 21 heavy (non-hydrogen) atoms. The molecule has 2 aromatic heterocycles. The summed E-state index contributed by atoms with van der Waals surface area (Å²) in [7, 11) is 1.88. The van der Waals surface area contributed by atoms with E-state index in [0.717, 1.165) is 17.5 Å². The third-order valence-corrected chi connectivity index (χ3v) is 4.39. The molecule has 0 aliphatic carbocycles. The Balaban J connectivity index is 2.27. The van der Waals surface area contributed by atoms with Crippen LogP contribution in [0.4, 0.5) is 11.6 Å². The van der Waals surface area contributed by atoms with Crippen LogP contribution in [0.25, 0.3) is 0 Å². The van der Waals surface area contributed by atoms with E-state index in [0.29, 0.717) is 0 Å². The first kappa shape index (κ1) is 15.8. The van der Waals surface area contributed by atoms with Gasteiger partial charge in [0.05, 0.1) is 6.04 Å². The zero-order chi connectivity index (χ0) is 15.6. The summed E-state index contributed by atoms with van der Waals surface area (Å²) in [5.41, 5.74) is -0.0773. The summed E-state index contributed by atoms with van der Waals surface area (Å²) >= 11 is 1.81. The van der Waals surface area contributed by atoms with Gasteiger partial charge < -0.3 is 10.6 Å². The summed E-state index contributed by atoms with van der Waals surface area (Å²) in [5.74, 6) is 2.54. The Morgan fingerprint density at radius 1 is 1.14 bits per heavy atom. The standard InChI is InChI=1S/C16H24N4S/c1-10-7-8-12(21-10)11(2)18-14-9-13(17-6)19-15(20-14)16(3,4)5/h7-9,11H,1-6H3,(H2,17,18,19,20). The van der Waals surface area contributed by atoms with Crippen molar-refractivity contribution in [3.8, 4) is 0 Å². The molecule has 5 heteroatoms. The average Bonchev–Trinajstić information content (AvgIpc) is 2.84. The Labute approximate surface area is 131 Å². The highest BCUT2D eigenvalue weighted by atomic mass is 32.1. The molecule has 0 spiro atoms. The van der Waals surface area contributed by atoms with Crippen molar-refractivity contribution in [2.45, 2.75) is 46.1 Å². The van der Waals surface area contributed by atoms with E-state index in [1.165, 1.54) is 9.75 Å². The molecule has 1 unspecified atom stereocenters. The number of anilines is 2. The van der Waals surface area contributed by atoms with Gasteiger partial charge in [-0.25, -0.2) is 9.97 Å². The fraction of sp³-hybridized carbons (Fsp3) is 0.500. The maximum absolute atomic E-state index is 4.67. The molecule has 0 bridgehead atoms. The van der Waals surface area contributed by atoms with Crippen molar-refractivity contribution in [3.63, 3.8) is 0 Å². The molecule has 114 valence electrons. The van der Waals surface area contributed by atoms with Crippen LogP contribution >= 0.6 is 11.3 Å². The Hall–Kier alpha value is -1.62. The molecule has 2 aromatic rings. The average molecular weight is 304 g/mol. The summed E-state index contributed by atoms with van der Waals surface area (Å²) in [6, 6.07) is 6.50. The van der Waals surface area contributed by atoms with Crippen LogP contribution in [-0.4, -0.2) is 17.0 Å². The van der Waals surface area contributed by atoms with Gasteiger partial charge in [0.15, 0.2) is 0 Å². The molecule has 0 aliphatic rings. The third-order valence-electron chi connectivity index (χ3n) is 3.21. The van der Waals surface area contributed by atoms with E-state index in [-0.39, 0.29) is 11.5 Å². The van der Waals surface area contributed by atoms with E-state index in [1.54, 1.807) is 0 Å². The zero-order valence-electron chi connectivity index (χ0n) is 13.6. The number of hydrogen-bond donors (Lipinski definition) is 2. The first-order valence-electron chi connectivity index (χ1n) is 7.20. The molecule has 0 saturated carbocycles. The summed E-state index contributed by atoms with van der Waals surface area (Å²) in [4.78, 5) is 11.9. The lowest BCUT2D eigenvalue weighted by Crippen LogP contribution is -2.18. The largest absolute Gasteiger partial charge is 0.373 e. The molecular formula is C16H24N4S. The van der Waals surface area contributed by atoms with Crippen LogP contribution in [0.2, 0.25) is 0 Å². The lowest BCUT2D eigenvalue weighted by molar-refractivity contribution is 0.546. The van der Waals surface area contributed by atoms with Gasteiger partial charge in [-0.05, 0) is 26.0 Å². The highest BCUT2D eigenvalue weighted by Gasteiger charge is 2.19. The van der Waals surface area contributed by atoms with E-state index in [1.807, 2.05) is 24.5 Å². The van der Waals surface area contributed by atoms with Crippen molar-refractivity contribution in [1.29, 1.82) is 0 Å². The summed E-state index contributed by atoms with van der Waals surface area (Å²) in [6.07, 6.45) is 0. The minimum Gasteiger partial charge on any atom is -0.373 e. The number of hydrogen-bond acceptors (Lipinski definition) is 5. The normalized spacial score (nSPS) is 13.0. The number of nitrogens with one attached hydrogen (secondary N) is 2. The van der Waals surface area contributed by atoms with Crippen molar-refractivity contribution < 1.29 is 0 Å². The first-order valence-corrected chi connectivity index (χ1v) is 8.01. The van der Waals surface area contributed by atoms with Crippen LogP contribution < -0.4 is 10.6 Å². The van der Waals surface area contributed by atoms with E-state index in [4.69, 9.17) is 0 Å². The minimum absolute atomic E-state index is 0.0773. The first-order chi connectivity index (χ1) is 9.79. The van der Waals surface area contributed by atoms with Gasteiger partial charge in [-0.2, -0.15) is 0 Å². The van der Waals surface area contributed by atoms with Gasteiger partial charge in [0.1, 0.15) is 17.5 Å². The summed E-state index contributed by atoms with van der Waals surface area (Å²) in [6.45, 7) is 10.7. The van der Waals surface area contributed by atoms with Crippen molar-refractivity contribution in [2.75, 3.05) is 17.7 Å². The molecular weight excluding hydrogens is 280 g/mol. The Morgan fingerprint density at radius 2 is 1.81 bits per heavy atom. The van der Waals surface area contributed by atoms with E-state index in [2.05, 4.69) is 67.4 Å². The maximum atomic E-state index is 4.67. The number of aryl methyl sites for hydroxylation is 1. The van der Waals surface area contributed by atoms with E-state index < -0.39 is 0 Å². The van der Waals surface area contributed by atoms with Gasteiger partial charge in [-0.15, -0.1) is 11.3 Å². The molecule has 4 nitrogen and oxygen atoms in total. The number of aromatic nitrogens is 2. The fourth-order valence-electron chi connectivity index (χ4n) is 1.96. The van der Waals surface area contributed by atoms with Gasteiger partial charge in [-0.1, -0.05) is 20.8 Å². The summed E-state index contributed by atoms with van der Waals surface area (Å²) < 4.78 is 0. The second kappa shape index (κ2) is 6.02. The quantitative estimate of drug-likeness (QED) is 0.881.